The van der Waals surface area contributed by atoms with Crippen molar-refractivity contribution in [2.24, 2.45) is 0 Å². The molecule has 0 heterocycles. The van der Waals surface area contributed by atoms with E-state index in [1.54, 1.807) is 29.5 Å². The number of halogens is 4. The van der Waals surface area contributed by atoms with E-state index in [0.29, 0.717) is 3.57 Å². The highest BCUT2D eigenvalue weighted by Crippen LogP contribution is 2.31. The summed E-state index contributed by atoms with van der Waals surface area (Å²) in [7, 11) is 0. The van der Waals surface area contributed by atoms with E-state index in [1.165, 1.54) is 6.07 Å². The van der Waals surface area contributed by atoms with Gasteiger partial charge in [-0.2, -0.15) is 13.2 Å². The predicted octanol–water partition coefficient (Wildman–Crippen LogP) is 3.49. The fourth-order valence-electron chi connectivity index (χ4n) is 1.07. The Hall–Kier alpha value is -0.790. The van der Waals surface area contributed by atoms with Gasteiger partial charge < -0.3 is 4.74 Å². The number of alkyl halides is 3. The van der Waals surface area contributed by atoms with Crippen LogP contribution in [-0.4, -0.2) is 12.6 Å². The molecule has 0 N–H and O–H groups in total. The van der Waals surface area contributed by atoms with Crippen LogP contribution < -0.4 is 0 Å². The molecule has 0 saturated heterocycles. The van der Waals surface area contributed by atoms with Crippen molar-refractivity contribution in [1.29, 1.82) is 0 Å². The number of hydrogen-bond donors (Lipinski definition) is 0. The molecule has 0 bridgehead atoms. The van der Waals surface area contributed by atoms with Gasteiger partial charge in [0.25, 0.3) is 0 Å². The summed E-state index contributed by atoms with van der Waals surface area (Å²) in [6.45, 7) is 1.73. The van der Waals surface area contributed by atoms with Gasteiger partial charge in [-0.1, -0.05) is 0 Å². The van der Waals surface area contributed by atoms with Gasteiger partial charge in [-0.3, -0.25) is 0 Å². The van der Waals surface area contributed by atoms with Crippen LogP contribution >= 0.6 is 22.6 Å². The van der Waals surface area contributed by atoms with Crippen LogP contribution in [-0.2, 0) is 10.9 Å². The van der Waals surface area contributed by atoms with Gasteiger partial charge in [-0.15, -0.1) is 0 Å². The summed E-state index contributed by atoms with van der Waals surface area (Å²) >= 11 is 1.79. The summed E-state index contributed by atoms with van der Waals surface area (Å²) in [4.78, 5) is 11.4. The van der Waals surface area contributed by atoms with Crippen LogP contribution in [0.25, 0.3) is 0 Å². The standard InChI is InChI=1S/C10H8F3IO2/c1-2-16-9(15)7-5-6(10(11,12)13)3-4-8(7)14/h3-5H,2H2,1H3. The molecule has 0 radical (unpaired) electrons. The first-order chi connectivity index (χ1) is 7.36. The number of ether oxygens (including phenoxy) is 1. The SMILES string of the molecule is CCOC(=O)c1cc(C(F)(F)F)ccc1I. The Balaban J connectivity index is 3.14. The third-order valence-electron chi connectivity index (χ3n) is 1.79. The molecule has 6 heteroatoms. The lowest BCUT2D eigenvalue weighted by atomic mass is 10.1. The van der Waals surface area contributed by atoms with Gasteiger partial charge in [0.1, 0.15) is 0 Å². The van der Waals surface area contributed by atoms with E-state index in [4.69, 9.17) is 0 Å². The number of benzene rings is 1. The first-order valence-corrected chi connectivity index (χ1v) is 5.48. The van der Waals surface area contributed by atoms with Crippen LogP contribution in [0.5, 0.6) is 0 Å². The fourth-order valence-corrected chi connectivity index (χ4v) is 1.62. The number of carbonyl (C=O) groups is 1. The molecule has 1 aromatic rings. The second-order valence-corrected chi connectivity index (χ2v) is 4.08. The summed E-state index contributed by atoms with van der Waals surface area (Å²) in [5, 5.41) is 0. The Morgan fingerprint density at radius 3 is 2.56 bits per heavy atom. The summed E-state index contributed by atoms with van der Waals surface area (Å²) in [6.07, 6.45) is -4.45. The summed E-state index contributed by atoms with van der Waals surface area (Å²) in [5.41, 5.74) is -0.909. The van der Waals surface area contributed by atoms with E-state index in [9.17, 15) is 18.0 Å². The average Bonchev–Trinajstić information content (AvgIpc) is 2.16. The van der Waals surface area contributed by atoms with Crippen LogP contribution in [0.1, 0.15) is 22.8 Å². The highest BCUT2D eigenvalue weighted by molar-refractivity contribution is 14.1. The summed E-state index contributed by atoms with van der Waals surface area (Å²) < 4.78 is 42.3. The minimum absolute atomic E-state index is 0.0581. The Kier molecular flexibility index (Phi) is 4.17. The molecule has 0 aliphatic carbocycles. The van der Waals surface area contributed by atoms with Crippen LogP contribution in [0.4, 0.5) is 13.2 Å². The van der Waals surface area contributed by atoms with Crippen LogP contribution in [0, 0.1) is 3.57 Å². The van der Waals surface area contributed by atoms with Crippen molar-refractivity contribution in [1.82, 2.24) is 0 Å². The second-order valence-electron chi connectivity index (χ2n) is 2.91. The van der Waals surface area contributed by atoms with E-state index >= 15 is 0 Å². The lowest BCUT2D eigenvalue weighted by Crippen LogP contribution is -2.11. The van der Waals surface area contributed by atoms with Crippen LogP contribution in [0.3, 0.4) is 0 Å². The largest absolute Gasteiger partial charge is 0.462 e. The molecule has 0 aliphatic heterocycles. The minimum atomic E-state index is -4.45. The van der Waals surface area contributed by atoms with Gasteiger partial charge in [0.2, 0.25) is 0 Å². The Morgan fingerprint density at radius 2 is 2.06 bits per heavy atom. The van der Waals surface area contributed by atoms with E-state index in [-0.39, 0.29) is 12.2 Å². The van der Waals surface area contributed by atoms with Gasteiger partial charge in [-0.25, -0.2) is 4.79 Å². The van der Waals surface area contributed by atoms with Gasteiger partial charge in [0, 0.05) is 3.57 Å². The average molecular weight is 344 g/mol. The third kappa shape index (κ3) is 3.10. The molecule has 0 aromatic heterocycles. The summed E-state index contributed by atoms with van der Waals surface area (Å²) in [5.74, 6) is -0.738. The fraction of sp³-hybridized carbons (Fsp3) is 0.300. The smallest absolute Gasteiger partial charge is 0.416 e. The molecule has 0 aliphatic rings. The highest BCUT2D eigenvalue weighted by atomic mass is 127. The lowest BCUT2D eigenvalue weighted by molar-refractivity contribution is -0.137. The molecule has 1 aromatic carbocycles. The Labute approximate surface area is 104 Å². The van der Waals surface area contributed by atoms with E-state index < -0.39 is 17.7 Å². The number of esters is 1. The molecule has 88 valence electrons. The molecule has 0 atom stereocenters. The highest BCUT2D eigenvalue weighted by Gasteiger charge is 2.31. The van der Waals surface area contributed by atoms with Gasteiger partial charge >= 0.3 is 12.1 Å². The Bertz CT molecular complexity index is 402. The van der Waals surface area contributed by atoms with Gasteiger partial charge in [0.15, 0.2) is 0 Å². The molecule has 0 unspecified atom stereocenters. The third-order valence-corrected chi connectivity index (χ3v) is 2.73. The van der Waals surface area contributed by atoms with Crippen molar-refractivity contribution in [3.05, 3.63) is 32.9 Å². The molecule has 1 rings (SSSR count). The zero-order valence-electron chi connectivity index (χ0n) is 8.27. The molecule has 0 amide bonds. The molecule has 16 heavy (non-hydrogen) atoms. The van der Waals surface area contributed by atoms with E-state index in [0.717, 1.165) is 12.1 Å². The lowest BCUT2D eigenvalue weighted by Gasteiger charge is -2.09. The Morgan fingerprint density at radius 1 is 1.44 bits per heavy atom. The normalized spacial score (nSPS) is 11.3. The first-order valence-electron chi connectivity index (χ1n) is 4.40. The molecular formula is C10H8F3IO2. The van der Waals surface area contributed by atoms with Crippen molar-refractivity contribution in [3.63, 3.8) is 0 Å². The first kappa shape index (κ1) is 13.3. The number of hydrogen-bond acceptors (Lipinski definition) is 2. The van der Waals surface area contributed by atoms with E-state index in [2.05, 4.69) is 4.74 Å². The maximum absolute atomic E-state index is 12.4. The van der Waals surface area contributed by atoms with Gasteiger partial charge in [0.05, 0.1) is 17.7 Å². The van der Waals surface area contributed by atoms with Crippen molar-refractivity contribution < 1.29 is 22.7 Å². The molecule has 0 spiro atoms. The van der Waals surface area contributed by atoms with E-state index in [1.807, 2.05) is 0 Å². The van der Waals surface area contributed by atoms with Crippen LogP contribution in [0.2, 0.25) is 0 Å². The van der Waals surface area contributed by atoms with Gasteiger partial charge in [-0.05, 0) is 47.7 Å². The number of carbonyl (C=O) groups excluding carboxylic acids is 1. The predicted molar refractivity (Wildman–Crippen MR) is 60.1 cm³/mol. The quantitative estimate of drug-likeness (QED) is 0.607. The zero-order chi connectivity index (χ0) is 12.3. The molecule has 2 nitrogen and oxygen atoms in total. The summed E-state index contributed by atoms with van der Waals surface area (Å²) in [6, 6.07) is 2.99. The van der Waals surface area contributed by atoms with Crippen molar-refractivity contribution >= 4 is 28.6 Å². The van der Waals surface area contributed by atoms with Crippen molar-refractivity contribution in [2.75, 3.05) is 6.61 Å². The zero-order valence-corrected chi connectivity index (χ0v) is 10.4. The molecule has 0 saturated carbocycles. The van der Waals surface area contributed by atoms with Crippen molar-refractivity contribution in [2.45, 2.75) is 13.1 Å². The van der Waals surface area contributed by atoms with Crippen molar-refractivity contribution in [3.8, 4) is 0 Å². The second kappa shape index (κ2) is 5.03. The minimum Gasteiger partial charge on any atom is -0.462 e. The maximum atomic E-state index is 12.4. The molecule has 0 fully saturated rings. The monoisotopic (exact) mass is 344 g/mol. The van der Waals surface area contributed by atoms with Crippen LogP contribution in [0.15, 0.2) is 18.2 Å². The molecular weight excluding hydrogens is 336 g/mol. The number of rotatable bonds is 2. The maximum Gasteiger partial charge on any atom is 0.416 e. The topological polar surface area (TPSA) is 26.3 Å².